The molecule has 0 spiro atoms. The highest BCUT2D eigenvalue weighted by atomic mass is 14.7. The van der Waals surface area contributed by atoms with Crippen molar-refractivity contribution in [3.05, 3.63) is 0 Å². The van der Waals surface area contributed by atoms with Crippen molar-refractivity contribution < 1.29 is 0 Å². The molecule has 0 saturated carbocycles. The van der Waals surface area contributed by atoms with E-state index in [4.69, 9.17) is 17.2 Å². The van der Waals surface area contributed by atoms with Gasteiger partial charge in [-0.2, -0.15) is 0 Å². The zero-order chi connectivity index (χ0) is 8.74. The van der Waals surface area contributed by atoms with Gasteiger partial charge in [0.2, 0.25) is 0 Å². The molecule has 0 aliphatic carbocycles. The van der Waals surface area contributed by atoms with Gasteiger partial charge in [-0.15, -0.1) is 0 Å². The van der Waals surface area contributed by atoms with Gasteiger partial charge in [-0.05, 0) is 45.7 Å². The molecular formula is C8H21N3. The second-order valence-corrected chi connectivity index (χ2v) is 3.44. The Balaban J connectivity index is 3.43. The average molecular weight is 159 g/mol. The van der Waals surface area contributed by atoms with Gasteiger partial charge in [0.1, 0.15) is 0 Å². The minimum Gasteiger partial charge on any atom is -0.330 e. The molecule has 0 rings (SSSR count). The van der Waals surface area contributed by atoms with Crippen molar-refractivity contribution >= 4 is 0 Å². The molecule has 0 aromatic heterocycles. The van der Waals surface area contributed by atoms with Crippen LogP contribution in [0.15, 0.2) is 0 Å². The van der Waals surface area contributed by atoms with Crippen molar-refractivity contribution in [1.82, 2.24) is 0 Å². The fraction of sp³-hybridized carbons (Fsp3) is 1.00. The lowest BCUT2D eigenvalue weighted by Crippen LogP contribution is -2.37. The van der Waals surface area contributed by atoms with Crippen LogP contribution in [0.1, 0.15) is 32.6 Å². The summed E-state index contributed by atoms with van der Waals surface area (Å²) < 4.78 is 0. The molecule has 0 unspecified atom stereocenters. The van der Waals surface area contributed by atoms with Gasteiger partial charge in [0.25, 0.3) is 0 Å². The molecule has 11 heavy (non-hydrogen) atoms. The fourth-order valence-electron chi connectivity index (χ4n) is 1.14. The Labute approximate surface area is 69.3 Å². The molecule has 3 heteroatoms. The summed E-state index contributed by atoms with van der Waals surface area (Å²) in [6.45, 7) is 3.53. The minimum absolute atomic E-state index is 0.0568. The summed E-state index contributed by atoms with van der Waals surface area (Å²) in [6, 6.07) is 0. The standard InChI is InChI=1S/C8H21N3/c1-8(11,4-2-6-9)5-3-7-10/h2-7,9-11H2,1H3. The Morgan fingerprint density at radius 1 is 1.00 bits per heavy atom. The molecule has 6 N–H and O–H groups in total. The lowest BCUT2D eigenvalue weighted by atomic mass is 9.92. The van der Waals surface area contributed by atoms with Crippen LogP contribution in [-0.4, -0.2) is 18.6 Å². The topological polar surface area (TPSA) is 78.1 Å². The summed E-state index contributed by atoms with van der Waals surface area (Å²) in [6.07, 6.45) is 4.03. The fourth-order valence-corrected chi connectivity index (χ4v) is 1.14. The van der Waals surface area contributed by atoms with E-state index in [0.29, 0.717) is 0 Å². The maximum Gasteiger partial charge on any atom is 0.0126 e. The minimum atomic E-state index is -0.0568. The van der Waals surface area contributed by atoms with E-state index in [-0.39, 0.29) is 5.54 Å². The third-order valence-electron chi connectivity index (χ3n) is 1.90. The van der Waals surface area contributed by atoms with Gasteiger partial charge in [-0.1, -0.05) is 0 Å². The van der Waals surface area contributed by atoms with Crippen LogP contribution in [0.3, 0.4) is 0 Å². The molecule has 68 valence electrons. The SMILES string of the molecule is CC(N)(CCCN)CCCN. The van der Waals surface area contributed by atoms with E-state index in [1.807, 2.05) is 0 Å². The van der Waals surface area contributed by atoms with Crippen LogP contribution in [0, 0.1) is 0 Å². The van der Waals surface area contributed by atoms with Gasteiger partial charge in [-0.3, -0.25) is 0 Å². The van der Waals surface area contributed by atoms with Gasteiger partial charge in [0.15, 0.2) is 0 Å². The largest absolute Gasteiger partial charge is 0.330 e. The van der Waals surface area contributed by atoms with Crippen LogP contribution >= 0.6 is 0 Å². The highest BCUT2D eigenvalue weighted by molar-refractivity contribution is 4.78. The summed E-state index contributed by atoms with van der Waals surface area (Å²) in [5.41, 5.74) is 16.7. The van der Waals surface area contributed by atoms with E-state index in [1.54, 1.807) is 0 Å². The maximum absolute atomic E-state index is 5.98. The van der Waals surface area contributed by atoms with Crippen LogP contribution in [-0.2, 0) is 0 Å². The van der Waals surface area contributed by atoms with Crippen LogP contribution in [0.4, 0.5) is 0 Å². The van der Waals surface area contributed by atoms with E-state index in [2.05, 4.69) is 6.92 Å². The molecule has 0 aliphatic rings. The maximum atomic E-state index is 5.98. The van der Waals surface area contributed by atoms with E-state index in [1.165, 1.54) is 0 Å². The van der Waals surface area contributed by atoms with Gasteiger partial charge < -0.3 is 17.2 Å². The molecule has 0 heterocycles. The van der Waals surface area contributed by atoms with E-state index in [0.717, 1.165) is 38.8 Å². The second-order valence-electron chi connectivity index (χ2n) is 3.44. The summed E-state index contributed by atoms with van der Waals surface area (Å²) in [5.74, 6) is 0. The smallest absolute Gasteiger partial charge is 0.0126 e. The number of rotatable bonds is 6. The summed E-state index contributed by atoms with van der Waals surface area (Å²) in [7, 11) is 0. The van der Waals surface area contributed by atoms with Crippen LogP contribution in [0.25, 0.3) is 0 Å². The molecule has 3 nitrogen and oxygen atoms in total. The first-order valence-electron chi connectivity index (χ1n) is 4.31. The first-order valence-corrected chi connectivity index (χ1v) is 4.31. The quantitative estimate of drug-likeness (QED) is 0.517. The molecule has 0 bridgehead atoms. The average Bonchev–Trinajstić information content (AvgIpc) is 1.97. The summed E-state index contributed by atoms with van der Waals surface area (Å²) in [5, 5.41) is 0. The third kappa shape index (κ3) is 6.28. The van der Waals surface area contributed by atoms with Gasteiger partial charge in [-0.25, -0.2) is 0 Å². The lowest BCUT2D eigenvalue weighted by Gasteiger charge is -2.23. The van der Waals surface area contributed by atoms with Crippen molar-refractivity contribution in [3.63, 3.8) is 0 Å². The first kappa shape index (κ1) is 10.9. The van der Waals surface area contributed by atoms with Gasteiger partial charge in [0.05, 0.1) is 0 Å². The van der Waals surface area contributed by atoms with E-state index in [9.17, 15) is 0 Å². The Bertz CT molecular complexity index is 81.3. The Morgan fingerprint density at radius 2 is 1.36 bits per heavy atom. The monoisotopic (exact) mass is 159 g/mol. The molecule has 0 atom stereocenters. The zero-order valence-electron chi connectivity index (χ0n) is 7.47. The van der Waals surface area contributed by atoms with Crippen molar-refractivity contribution in [2.24, 2.45) is 17.2 Å². The van der Waals surface area contributed by atoms with Crippen molar-refractivity contribution in [2.45, 2.75) is 38.1 Å². The van der Waals surface area contributed by atoms with Crippen LogP contribution < -0.4 is 17.2 Å². The van der Waals surface area contributed by atoms with E-state index < -0.39 is 0 Å². The van der Waals surface area contributed by atoms with Crippen molar-refractivity contribution in [2.75, 3.05) is 13.1 Å². The second kappa shape index (κ2) is 5.52. The third-order valence-corrected chi connectivity index (χ3v) is 1.90. The van der Waals surface area contributed by atoms with Gasteiger partial charge in [0, 0.05) is 5.54 Å². The van der Waals surface area contributed by atoms with Crippen molar-refractivity contribution in [3.8, 4) is 0 Å². The summed E-state index contributed by atoms with van der Waals surface area (Å²) >= 11 is 0. The van der Waals surface area contributed by atoms with Crippen LogP contribution in [0.5, 0.6) is 0 Å². The molecule has 0 aromatic carbocycles. The van der Waals surface area contributed by atoms with E-state index >= 15 is 0 Å². The first-order chi connectivity index (χ1) is 5.12. The normalized spacial score (nSPS) is 12.0. The number of hydrogen-bond acceptors (Lipinski definition) is 3. The molecule has 0 amide bonds. The molecule has 0 radical (unpaired) electrons. The van der Waals surface area contributed by atoms with Crippen molar-refractivity contribution in [1.29, 1.82) is 0 Å². The number of nitrogens with two attached hydrogens (primary N) is 3. The highest BCUT2D eigenvalue weighted by Gasteiger charge is 2.15. The predicted molar refractivity (Wildman–Crippen MR) is 49.2 cm³/mol. The predicted octanol–water partition coefficient (Wildman–Crippen LogP) is 0.182. The number of hydrogen-bond donors (Lipinski definition) is 3. The Hall–Kier alpha value is -0.120. The highest BCUT2D eigenvalue weighted by Crippen LogP contribution is 2.14. The Morgan fingerprint density at radius 3 is 1.64 bits per heavy atom. The molecular weight excluding hydrogens is 138 g/mol. The molecule has 0 aliphatic heterocycles. The Kier molecular flexibility index (Phi) is 5.46. The van der Waals surface area contributed by atoms with Gasteiger partial charge >= 0.3 is 0 Å². The zero-order valence-corrected chi connectivity index (χ0v) is 7.47. The molecule has 0 saturated heterocycles. The molecule has 0 aromatic rings. The summed E-state index contributed by atoms with van der Waals surface area (Å²) in [4.78, 5) is 0. The molecule has 0 fully saturated rings. The van der Waals surface area contributed by atoms with Crippen LogP contribution in [0.2, 0.25) is 0 Å². The lowest BCUT2D eigenvalue weighted by molar-refractivity contribution is 0.384.